The van der Waals surface area contributed by atoms with E-state index in [1.165, 1.54) is 0 Å². The smallest absolute Gasteiger partial charge is 0.229 e. The molecule has 3 N–H and O–H groups in total. The highest BCUT2D eigenvalue weighted by atomic mass is 35.5. The number of piperazine rings is 1. The lowest BCUT2D eigenvalue weighted by molar-refractivity contribution is -0.120. The number of methoxy groups -OCH3 is 2. The van der Waals surface area contributed by atoms with Gasteiger partial charge in [-0.1, -0.05) is 11.6 Å². The van der Waals surface area contributed by atoms with Crippen molar-refractivity contribution < 1.29 is 14.3 Å². The Balaban J connectivity index is 1.37. The average Bonchev–Trinajstić information content (AvgIpc) is 3.10. The van der Waals surface area contributed by atoms with E-state index in [4.69, 9.17) is 21.1 Å². The van der Waals surface area contributed by atoms with Gasteiger partial charge in [-0.25, -0.2) is 4.98 Å². The number of fused-ring (bicyclic) bond motifs is 1. The Kier molecular flexibility index (Phi) is 7.71. The van der Waals surface area contributed by atoms with Gasteiger partial charge in [-0.05, 0) is 48.9 Å². The molecular formula is C27H32ClN7O3. The molecule has 200 valence electrons. The number of hydrogen-bond donors (Lipinski definition) is 3. The van der Waals surface area contributed by atoms with Crippen molar-refractivity contribution in [2.45, 2.75) is 12.8 Å². The quantitative estimate of drug-likeness (QED) is 0.417. The molecule has 3 heterocycles. The highest BCUT2D eigenvalue weighted by Crippen LogP contribution is 2.35. The predicted molar refractivity (Wildman–Crippen MR) is 150 cm³/mol. The van der Waals surface area contributed by atoms with Crippen molar-refractivity contribution in [1.29, 1.82) is 0 Å². The number of ether oxygens (including phenoxy) is 2. The van der Waals surface area contributed by atoms with Crippen LogP contribution in [-0.2, 0) is 17.6 Å². The van der Waals surface area contributed by atoms with E-state index in [1.54, 1.807) is 20.4 Å². The molecule has 1 amide bonds. The Morgan fingerprint density at radius 3 is 2.50 bits per heavy atom. The normalized spacial score (nSPS) is 15.8. The summed E-state index contributed by atoms with van der Waals surface area (Å²) in [5, 5.41) is 9.82. The molecule has 0 bridgehead atoms. The summed E-state index contributed by atoms with van der Waals surface area (Å²) >= 11 is 6.46. The zero-order valence-corrected chi connectivity index (χ0v) is 22.6. The van der Waals surface area contributed by atoms with Gasteiger partial charge in [0.1, 0.15) is 16.5 Å². The van der Waals surface area contributed by atoms with Crippen LogP contribution in [0.15, 0.2) is 36.5 Å². The van der Waals surface area contributed by atoms with Crippen LogP contribution in [0.4, 0.5) is 28.8 Å². The number of nitrogens with zero attached hydrogens (tertiary/aromatic N) is 4. The fourth-order valence-electron chi connectivity index (χ4n) is 4.71. The number of anilines is 5. The summed E-state index contributed by atoms with van der Waals surface area (Å²) in [6.45, 7) is 4.59. The molecule has 10 nitrogen and oxygen atoms in total. The minimum Gasteiger partial charge on any atom is -0.495 e. The van der Waals surface area contributed by atoms with Crippen LogP contribution in [0.3, 0.4) is 0 Å². The lowest BCUT2D eigenvalue weighted by Crippen LogP contribution is -2.44. The standard InChI is InChI=1S/C27H32ClN7O3/c1-34-8-10-35(11-9-34)19-4-5-21(24(15-19)38-3)31-26-20(28)16-30-27(33-26)32-22-12-17-6-7-29-25(36)14-18(17)13-23(22)37-2/h4-5,12-13,15-16H,6-11,14H2,1-3H3,(H,29,36)(H2,30,31,32,33). The van der Waals surface area contributed by atoms with Crippen LogP contribution < -0.4 is 30.3 Å². The van der Waals surface area contributed by atoms with Crippen LogP contribution in [-0.4, -0.2) is 74.8 Å². The van der Waals surface area contributed by atoms with Gasteiger partial charge in [0.15, 0.2) is 5.82 Å². The number of rotatable bonds is 7. The summed E-state index contributed by atoms with van der Waals surface area (Å²) in [6, 6.07) is 9.96. The number of carbonyl (C=O) groups excluding carboxylic acids is 1. The van der Waals surface area contributed by atoms with Crippen molar-refractivity contribution in [2.24, 2.45) is 0 Å². The van der Waals surface area contributed by atoms with Gasteiger partial charge in [0.2, 0.25) is 11.9 Å². The molecule has 0 atom stereocenters. The van der Waals surface area contributed by atoms with E-state index in [-0.39, 0.29) is 5.91 Å². The molecule has 38 heavy (non-hydrogen) atoms. The van der Waals surface area contributed by atoms with Crippen molar-refractivity contribution in [3.63, 3.8) is 0 Å². The Labute approximate surface area is 227 Å². The number of halogens is 1. The summed E-state index contributed by atoms with van der Waals surface area (Å²) in [5.41, 5.74) is 4.60. The second kappa shape index (κ2) is 11.3. The third-order valence-corrected chi connectivity index (χ3v) is 7.16. The third-order valence-electron chi connectivity index (χ3n) is 6.89. The fraction of sp³-hybridized carbons (Fsp3) is 0.370. The van der Waals surface area contributed by atoms with E-state index in [1.807, 2.05) is 24.3 Å². The van der Waals surface area contributed by atoms with Gasteiger partial charge in [0, 0.05) is 44.5 Å². The second-order valence-corrected chi connectivity index (χ2v) is 9.82. The highest BCUT2D eigenvalue weighted by molar-refractivity contribution is 6.33. The molecule has 3 aromatic rings. The molecule has 2 aromatic carbocycles. The molecule has 11 heteroatoms. The number of aromatic nitrogens is 2. The Morgan fingerprint density at radius 2 is 1.74 bits per heavy atom. The SMILES string of the molecule is COc1cc2c(cc1Nc1ncc(Cl)c(Nc3ccc(N4CCN(C)CC4)cc3OC)n1)CCNC(=O)C2. The number of benzene rings is 2. The van der Waals surface area contributed by atoms with Crippen molar-refractivity contribution >= 4 is 46.3 Å². The lowest BCUT2D eigenvalue weighted by Gasteiger charge is -2.34. The average molecular weight is 538 g/mol. The maximum Gasteiger partial charge on any atom is 0.229 e. The van der Waals surface area contributed by atoms with E-state index in [0.29, 0.717) is 46.9 Å². The minimum absolute atomic E-state index is 0.00950. The van der Waals surface area contributed by atoms with Crippen molar-refractivity contribution in [3.8, 4) is 11.5 Å². The van der Waals surface area contributed by atoms with E-state index in [9.17, 15) is 4.79 Å². The zero-order valence-electron chi connectivity index (χ0n) is 21.8. The first-order valence-corrected chi connectivity index (χ1v) is 13.0. The molecule has 1 fully saturated rings. The molecule has 1 aromatic heterocycles. The Morgan fingerprint density at radius 1 is 0.974 bits per heavy atom. The minimum atomic E-state index is 0.00950. The van der Waals surface area contributed by atoms with Gasteiger partial charge >= 0.3 is 0 Å². The van der Waals surface area contributed by atoms with Gasteiger partial charge in [-0.3, -0.25) is 4.79 Å². The highest BCUT2D eigenvalue weighted by Gasteiger charge is 2.19. The van der Waals surface area contributed by atoms with Crippen LogP contribution in [0.2, 0.25) is 5.02 Å². The van der Waals surface area contributed by atoms with E-state index >= 15 is 0 Å². The van der Waals surface area contributed by atoms with E-state index in [0.717, 1.165) is 55.1 Å². The number of hydrogen-bond acceptors (Lipinski definition) is 9. The lowest BCUT2D eigenvalue weighted by atomic mass is 10.0. The molecule has 1 saturated heterocycles. The molecule has 2 aliphatic rings. The van der Waals surface area contributed by atoms with Crippen molar-refractivity contribution in [2.75, 3.05) is 69.5 Å². The maximum absolute atomic E-state index is 12.0. The topological polar surface area (TPSA) is 104 Å². The van der Waals surface area contributed by atoms with Gasteiger partial charge < -0.3 is 35.2 Å². The first kappa shape index (κ1) is 25.9. The molecule has 0 unspecified atom stereocenters. The summed E-state index contributed by atoms with van der Waals surface area (Å²) < 4.78 is 11.3. The van der Waals surface area contributed by atoms with E-state index < -0.39 is 0 Å². The van der Waals surface area contributed by atoms with Gasteiger partial charge in [-0.2, -0.15) is 4.98 Å². The second-order valence-electron chi connectivity index (χ2n) is 9.41. The molecule has 0 spiro atoms. The van der Waals surface area contributed by atoms with Crippen LogP contribution >= 0.6 is 11.6 Å². The number of nitrogens with one attached hydrogen (secondary N) is 3. The van der Waals surface area contributed by atoms with Crippen LogP contribution in [0.1, 0.15) is 11.1 Å². The molecule has 0 saturated carbocycles. The molecule has 5 rings (SSSR count). The van der Waals surface area contributed by atoms with Gasteiger partial charge in [0.25, 0.3) is 0 Å². The first-order chi connectivity index (χ1) is 18.4. The first-order valence-electron chi connectivity index (χ1n) is 12.6. The molecular weight excluding hydrogens is 506 g/mol. The summed E-state index contributed by atoms with van der Waals surface area (Å²) in [4.78, 5) is 25.6. The third kappa shape index (κ3) is 5.71. The monoisotopic (exact) mass is 537 g/mol. The summed E-state index contributed by atoms with van der Waals surface area (Å²) in [6.07, 6.45) is 2.60. The number of likely N-dealkylation sites (N-methyl/N-ethyl adjacent to an activating group) is 1. The Hall–Kier alpha value is -3.76. The largest absolute Gasteiger partial charge is 0.495 e. The molecule has 0 radical (unpaired) electrons. The van der Waals surface area contributed by atoms with Crippen LogP contribution in [0, 0.1) is 0 Å². The van der Waals surface area contributed by atoms with Crippen LogP contribution in [0.5, 0.6) is 11.5 Å². The van der Waals surface area contributed by atoms with Gasteiger partial charge in [-0.15, -0.1) is 0 Å². The van der Waals surface area contributed by atoms with Crippen LogP contribution in [0.25, 0.3) is 0 Å². The summed E-state index contributed by atoms with van der Waals surface area (Å²) in [7, 11) is 5.39. The molecule has 0 aliphatic carbocycles. The van der Waals surface area contributed by atoms with Crippen molar-refractivity contribution in [3.05, 3.63) is 52.7 Å². The number of amides is 1. The number of carbonyl (C=O) groups is 1. The zero-order chi connectivity index (χ0) is 26.6. The van der Waals surface area contributed by atoms with E-state index in [2.05, 4.69) is 48.8 Å². The van der Waals surface area contributed by atoms with Gasteiger partial charge in [0.05, 0.1) is 38.2 Å². The van der Waals surface area contributed by atoms with Crippen molar-refractivity contribution in [1.82, 2.24) is 20.2 Å². The fourth-order valence-corrected chi connectivity index (χ4v) is 4.85. The predicted octanol–water partition coefficient (Wildman–Crippen LogP) is 3.60. The molecule has 2 aliphatic heterocycles. The summed E-state index contributed by atoms with van der Waals surface area (Å²) in [5.74, 6) is 2.11. The Bertz CT molecular complexity index is 1330. The maximum atomic E-state index is 12.0.